The van der Waals surface area contributed by atoms with E-state index in [0.29, 0.717) is 5.69 Å². The van der Waals surface area contributed by atoms with Crippen molar-refractivity contribution >= 4 is 15.9 Å². The van der Waals surface area contributed by atoms with Gasteiger partial charge in [0.2, 0.25) is 0 Å². The van der Waals surface area contributed by atoms with Gasteiger partial charge in [-0.3, -0.25) is 0 Å². The lowest BCUT2D eigenvalue weighted by atomic mass is 10.1. The summed E-state index contributed by atoms with van der Waals surface area (Å²) < 4.78 is 2.59. The van der Waals surface area contributed by atoms with Crippen LogP contribution in [-0.4, -0.2) is 20.1 Å². The Hall–Kier alpha value is -1.20. The third-order valence-electron chi connectivity index (χ3n) is 2.23. The minimum Gasteiger partial charge on any atom is -0.384 e. The predicted octanol–water partition coefficient (Wildman–Crippen LogP) is 2.26. The second kappa shape index (κ2) is 3.99. The van der Waals surface area contributed by atoms with E-state index in [4.69, 9.17) is 0 Å². The van der Waals surface area contributed by atoms with E-state index in [1.165, 1.54) is 0 Å². The molecule has 16 heavy (non-hydrogen) atoms. The van der Waals surface area contributed by atoms with E-state index < -0.39 is 5.60 Å². The summed E-state index contributed by atoms with van der Waals surface area (Å²) in [6.45, 7) is 3.42. The molecular formula is C11H12BrN3O. The standard InChI is InChI=1S/C11H12BrN3O/c1-11(2,16)10-7-13-14-15(10)9-5-3-4-8(12)6-9/h3-7,16H,1-2H3. The summed E-state index contributed by atoms with van der Waals surface area (Å²) in [5.74, 6) is 0. The van der Waals surface area contributed by atoms with Gasteiger partial charge in [-0.25, -0.2) is 4.68 Å². The summed E-state index contributed by atoms with van der Waals surface area (Å²) in [7, 11) is 0. The zero-order chi connectivity index (χ0) is 11.8. The van der Waals surface area contributed by atoms with Crippen molar-refractivity contribution in [3.8, 4) is 5.69 Å². The lowest BCUT2D eigenvalue weighted by Crippen LogP contribution is -2.20. The highest BCUT2D eigenvalue weighted by Crippen LogP contribution is 2.22. The minimum atomic E-state index is -0.966. The molecular weight excluding hydrogens is 270 g/mol. The molecule has 2 aromatic rings. The number of halogens is 1. The lowest BCUT2D eigenvalue weighted by molar-refractivity contribution is 0.0711. The van der Waals surface area contributed by atoms with Crippen molar-refractivity contribution in [3.05, 3.63) is 40.6 Å². The molecule has 0 radical (unpaired) electrons. The average molecular weight is 282 g/mol. The van der Waals surface area contributed by atoms with E-state index in [-0.39, 0.29) is 0 Å². The highest BCUT2D eigenvalue weighted by Gasteiger charge is 2.22. The Kier molecular flexibility index (Phi) is 2.82. The van der Waals surface area contributed by atoms with E-state index in [1.54, 1.807) is 24.7 Å². The third kappa shape index (κ3) is 2.15. The van der Waals surface area contributed by atoms with Gasteiger partial charge in [-0.05, 0) is 32.0 Å². The van der Waals surface area contributed by atoms with Crippen LogP contribution in [0.1, 0.15) is 19.5 Å². The van der Waals surface area contributed by atoms with Crippen LogP contribution in [0.25, 0.3) is 5.69 Å². The Morgan fingerprint density at radius 2 is 2.12 bits per heavy atom. The number of aliphatic hydroxyl groups is 1. The van der Waals surface area contributed by atoms with Crippen LogP contribution in [0.4, 0.5) is 0 Å². The van der Waals surface area contributed by atoms with Crippen LogP contribution >= 0.6 is 15.9 Å². The fourth-order valence-electron chi connectivity index (χ4n) is 1.45. The Morgan fingerprint density at radius 3 is 2.75 bits per heavy atom. The SMILES string of the molecule is CC(C)(O)c1cnnn1-c1cccc(Br)c1. The fourth-order valence-corrected chi connectivity index (χ4v) is 1.84. The van der Waals surface area contributed by atoms with Gasteiger partial charge in [0.25, 0.3) is 0 Å². The first kappa shape index (κ1) is 11.3. The molecule has 0 fully saturated rings. The molecule has 0 amide bonds. The second-order valence-corrected chi connectivity index (χ2v) is 4.99. The van der Waals surface area contributed by atoms with Gasteiger partial charge in [0.15, 0.2) is 0 Å². The third-order valence-corrected chi connectivity index (χ3v) is 2.72. The molecule has 1 heterocycles. The normalized spacial score (nSPS) is 11.8. The topological polar surface area (TPSA) is 50.9 Å². The van der Waals surface area contributed by atoms with Gasteiger partial charge in [-0.15, -0.1) is 5.10 Å². The van der Waals surface area contributed by atoms with Crippen LogP contribution < -0.4 is 0 Å². The van der Waals surface area contributed by atoms with Crippen molar-refractivity contribution in [2.24, 2.45) is 0 Å². The molecule has 0 unspecified atom stereocenters. The lowest BCUT2D eigenvalue weighted by Gasteiger charge is -2.17. The van der Waals surface area contributed by atoms with Gasteiger partial charge in [-0.2, -0.15) is 0 Å². The van der Waals surface area contributed by atoms with E-state index in [2.05, 4.69) is 26.2 Å². The molecule has 4 nitrogen and oxygen atoms in total. The number of aromatic nitrogens is 3. The zero-order valence-electron chi connectivity index (χ0n) is 9.05. The summed E-state index contributed by atoms with van der Waals surface area (Å²) >= 11 is 3.40. The van der Waals surface area contributed by atoms with Crippen LogP contribution in [-0.2, 0) is 5.60 Å². The molecule has 2 rings (SSSR count). The van der Waals surface area contributed by atoms with Crippen molar-refractivity contribution in [3.63, 3.8) is 0 Å². The number of hydrogen-bond donors (Lipinski definition) is 1. The quantitative estimate of drug-likeness (QED) is 0.919. The second-order valence-electron chi connectivity index (χ2n) is 4.07. The first-order chi connectivity index (χ1) is 7.48. The summed E-state index contributed by atoms with van der Waals surface area (Å²) in [5, 5.41) is 17.8. The van der Waals surface area contributed by atoms with Crippen LogP contribution in [0.5, 0.6) is 0 Å². The van der Waals surface area contributed by atoms with Gasteiger partial charge < -0.3 is 5.11 Å². The van der Waals surface area contributed by atoms with Gasteiger partial charge in [0, 0.05) is 4.47 Å². The maximum Gasteiger partial charge on any atom is 0.103 e. The number of benzene rings is 1. The molecule has 1 aromatic heterocycles. The molecule has 0 saturated heterocycles. The number of rotatable bonds is 2. The number of nitrogens with zero attached hydrogens (tertiary/aromatic N) is 3. The average Bonchev–Trinajstić information content (AvgIpc) is 2.65. The Bertz CT molecular complexity index is 502. The van der Waals surface area contributed by atoms with Crippen molar-refractivity contribution in [2.75, 3.05) is 0 Å². The van der Waals surface area contributed by atoms with E-state index >= 15 is 0 Å². The first-order valence-corrected chi connectivity index (χ1v) is 5.67. The van der Waals surface area contributed by atoms with Gasteiger partial charge >= 0.3 is 0 Å². The zero-order valence-corrected chi connectivity index (χ0v) is 10.6. The summed E-state index contributed by atoms with van der Waals surface area (Å²) in [5.41, 5.74) is 0.556. The Morgan fingerprint density at radius 1 is 1.38 bits per heavy atom. The molecule has 0 atom stereocenters. The number of hydrogen-bond acceptors (Lipinski definition) is 3. The van der Waals surface area contributed by atoms with E-state index in [1.807, 2.05) is 24.3 Å². The highest BCUT2D eigenvalue weighted by molar-refractivity contribution is 9.10. The smallest absolute Gasteiger partial charge is 0.103 e. The molecule has 0 bridgehead atoms. The van der Waals surface area contributed by atoms with Crippen LogP contribution in [0, 0.1) is 0 Å². The van der Waals surface area contributed by atoms with Crippen molar-refractivity contribution in [2.45, 2.75) is 19.4 Å². The van der Waals surface area contributed by atoms with Crippen LogP contribution in [0.2, 0.25) is 0 Å². The largest absolute Gasteiger partial charge is 0.384 e. The van der Waals surface area contributed by atoms with E-state index in [9.17, 15) is 5.11 Å². The fraction of sp³-hybridized carbons (Fsp3) is 0.273. The molecule has 5 heteroatoms. The van der Waals surface area contributed by atoms with Crippen molar-refractivity contribution in [1.29, 1.82) is 0 Å². The van der Waals surface area contributed by atoms with E-state index in [0.717, 1.165) is 10.2 Å². The van der Waals surface area contributed by atoms with Gasteiger partial charge in [0.05, 0.1) is 17.6 Å². The highest BCUT2D eigenvalue weighted by atomic mass is 79.9. The van der Waals surface area contributed by atoms with Crippen LogP contribution in [0.3, 0.4) is 0 Å². The summed E-state index contributed by atoms with van der Waals surface area (Å²) in [6.07, 6.45) is 1.57. The van der Waals surface area contributed by atoms with Gasteiger partial charge in [-0.1, -0.05) is 27.2 Å². The molecule has 0 aliphatic rings. The Labute approximate surface area is 102 Å². The van der Waals surface area contributed by atoms with Crippen LogP contribution in [0.15, 0.2) is 34.9 Å². The van der Waals surface area contributed by atoms with Crippen molar-refractivity contribution in [1.82, 2.24) is 15.0 Å². The maximum atomic E-state index is 9.98. The molecule has 0 spiro atoms. The molecule has 0 aliphatic carbocycles. The molecule has 0 saturated carbocycles. The summed E-state index contributed by atoms with van der Waals surface area (Å²) in [6, 6.07) is 7.68. The van der Waals surface area contributed by atoms with Gasteiger partial charge in [0.1, 0.15) is 5.60 Å². The van der Waals surface area contributed by atoms with Crippen molar-refractivity contribution < 1.29 is 5.11 Å². The Balaban J connectivity index is 2.53. The first-order valence-electron chi connectivity index (χ1n) is 4.88. The molecule has 1 aromatic carbocycles. The molecule has 1 N–H and O–H groups in total. The monoisotopic (exact) mass is 281 g/mol. The summed E-state index contributed by atoms with van der Waals surface area (Å²) in [4.78, 5) is 0. The minimum absolute atomic E-state index is 0.658. The maximum absolute atomic E-state index is 9.98. The predicted molar refractivity (Wildman–Crippen MR) is 64.3 cm³/mol. The molecule has 84 valence electrons. The molecule has 0 aliphatic heterocycles.